The molecule has 5 nitrogen and oxygen atoms in total. The number of rotatable bonds is 6. The molecule has 3 rings (SSSR count). The Morgan fingerprint density at radius 3 is 2.68 bits per heavy atom. The number of halogens is 1. The second-order valence-electron chi connectivity index (χ2n) is 8.02. The van der Waals surface area contributed by atoms with Gasteiger partial charge in [0.05, 0.1) is 16.9 Å². The van der Waals surface area contributed by atoms with Crippen molar-refractivity contribution in [2.75, 3.05) is 33.2 Å². The molecule has 1 aromatic carbocycles. The first kappa shape index (κ1) is 21.5. The summed E-state index contributed by atoms with van der Waals surface area (Å²) in [5, 5.41) is 0.692. The molecule has 0 aliphatic carbocycles. The monoisotopic (exact) mass is 448 g/mol. The molecule has 28 heavy (non-hydrogen) atoms. The van der Waals surface area contributed by atoms with E-state index in [1.807, 2.05) is 29.7 Å². The van der Waals surface area contributed by atoms with Crippen LogP contribution < -0.4 is 5.56 Å². The van der Waals surface area contributed by atoms with Crippen LogP contribution in [-0.2, 0) is 6.54 Å². The fourth-order valence-corrected chi connectivity index (χ4v) is 4.73. The highest BCUT2D eigenvalue weighted by molar-refractivity contribution is 9.10. The fourth-order valence-electron chi connectivity index (χ4n) is 4.37. The van der Waals surface area contributed by atoms with E-state index in [-0.39, 0.29) is 11.6 Å². The molecule has 0 N–H and O–H groups in total. The maximum atomic E-state index is 13.2. The molecule has 0 bridgehead atoms. The van der Waals surface area contributed by atoms with Crippen LogP contribution in [0.1, 0.15) is 51.9 Å². The first-order valence-corrected chi connectivity index (χ1v) is 11.4. The number of nitrogens with zero attached hydrogens (tertiary/aromatic N) is 4. The fraction of sp³-hybridized carbons (Fsp3) is 0.636. The summed E-state index contributed by atoms with van der Waals surface area (Å²) in [6.45, 7) is 11.5. The summed E-state index contributed by atoms with van der Waals surface area (Å²) >= 11 is 3.49. The van der Waals surface area contributed by atoms with Crippen molar-refractivity contribution in [3.05, 3.63) is 38.9 Å². The van der Waals surface area contributed by atoms with Crippen LogP contribution in [0.2, 0.25) is 0 Å². The van der Waals surface area contributed by atoms with Crippen LogP contribution in [0, 0.1) is 5.92 Å². The third-order valence-corrected chi connectivity index (χ3v) is 6.46. The molecule has 0 radical (unpaired) electrons. The molecule has 154 valence electrons. The lowest BCUT2D eigenvalue weighted by atomic mass is 10.0. The third-order valence-electron chi connectivity index (χ3n) is 5.97. The molecule has 1 saturated heterocycles. The number of benzene rings is 1. The zero-order valence-corrected chi connectivity index (χ0v) is 19.2. The SMILES string of the molecule is CCC[C@@H](c1nc2ccc(Br)cc2c(=O)n1CC)N1CCN(C)C[C@@H](CC)C1. The molecule has 0 amide bonds. The van der Waals surface area contributed by atoms with Crippen molar-refractivity contribution in [2.24, 2.45) is 5.92 Å². The van der Waals surface area contributed by atoms with Crippen molar-refractivity contribution in [1.29, 1.82) is 0 Å². The first-order valence-electron chi connectivity index (χ1n) is 10.6. The third kappa shape index (κ3) is 4.50. The number of hydrogen-bond acceptors (Lipinski definition) is 4. The molecule has 1 fully saturated rings. The topological polar surface area (TPSA) is 41.4 Å². The Morgan fingerprint density at radius 1 is 1.21 bits per heavy atom. The zero-order chi connectivity index (χ0) is 20.3. The lowest BCUT2D eigenvalue weighted by Crippen LogP contribution is -2.38. The molecule has 1 aliphatic heterocycles. The van der Waals surface area contributed by atoms with E-state index < -0.39 is 0 Å². The average molecular weight is 449 g/mol. The van der Waals surface area contributed by atoms with Crippen molar-refractivity contribution >= 4 is 26.8 Å². The van der Waals surface area contributed by atoms with Crippen molar-refractivity contribution in [3.63, 3.8) is 0 Å². The second-order valence-corrected chi connectivity index (χ2v) is 8.93. The van der Waals surface area contributed by atoms with Gasteiger partial charge in [-0.1, -0.05) is 42.6 Å². The van der Waals surface area contributed by atoms with Gasteiger partial charge in [-0.2, -0.15) is 0 Å². The van der Waals surface area contributed by atoms with Crippen LogP contribution in [0.15, 0.2) is 27.5 Å². The van der Waals surface area contributed by atoms with Gasteiger partial charge < -0.3 is 4.90 Å². The smallest absolute Gasteiger partial charge is 0.261 e. The van der Waals surface area contributed by atoms with E-state index in [2.05, 4.69) is 46.6 Å². The maximum absolute atomic E-state index is 13.2. The average Bonchev–Trinajstić information content (AvgIpc) is 2.88. The molecule has 2 atom stereocenters. The van der Waals surface area contributed by atoms with E-state index in [0.29, 0.717) is 17.8 Å². The summed E-state index contributed by atoms with van der Waals surface area (Å²) in [6, 6.07) is 6.01. The molecule has 6 heteroatoms. The molecule has 0 spiro atoms. The Balaban J connectivity index is 2.09. The lowest BCUT2D eigenvalue weighted by molar-refractivity contribution is 0.163. The summed E-state index contributed by atoms with van der Waals surface area (Å²) in [5.74, 6) is 1.59. The zero-order valence-electron chi connectivity index (χ0n) is 17.6. The Bertz CT molecular complexity index is 865. The van der Waals surface area contributed by atoms with Gasteiger partial charge in [-0.25, -0.2) is 4.98 Å². The van der Waals surface area contributed by atoms with Crippen LogP contribution in [-0.4, -0.2) is 52.6 Å². The van der Waals surface area contributed by atoms with Crippen LogP contribution in [0.4, 0.5) is 0 Å². The van der Waals surface area contributed by atoms with Crippen molar-refractivity contribution < 1.29 is 0 Å². The highest BCUT2D eigenvalue weighted by Crippen LogP contribution is 2.28. The number of likely N-dealkylation sites (N-methyl/N-ethyl adjacent to an activating group) is 1. The van der Waals surface area contributed by atoms with Crippen LogP contribution in [0.5, 0.6) is 0 Å². The van der Waals surface area contributed by atoms with Gasteiger partial charge in [-0.05, 0) is 44.5 Å². The molecular formula is C22H33BrN4O. The highest BCUT2D eigenvalue weighted by atomic mass is 79.9. The van der Waals surface area contributed by atoms with E-state index in [1.165, 1.54) is 6.42 Å². The van der Waals surface area contributed by atoms with Gasteiger partial charge in [0.15, 0.2) is 0 Å². The normalized spacial score (nSPS) is 20.4. The van der Waals surface area contributed by atoms with E-state index in [4.69, 9.17) is 4.98 Å². The molecule has 1 aromatic heterocycles. The van der Waals surface area contributed by atoms with Crippen LogP contribution in [0.25, 0.3) is 10.9 Å². The van der Waals surface area contributed by atoms with E-state index >= 15 is 0 Å². The number of fused-ring (bicyclic) bond motifs is 1. The summed E-state index contributed by atoms with van der Waals surface area (Å²) in [5.41, 5.74) is 0.872. The van der Waals surface area contributed by atoms with Crippen molar-refractivity contribution in [1.82, 2.24) is 19.4 Å². The number of hydrogen-bond donors (Lipinski definition) is 0. The van der Waals surface area contributed by atoms with Crippen LogP contribution >= 0.6 is 15.9 Å². The minimum absolute atomic E-state index is 0.0730. The molecular weight excluding hydrogens is 416 g/mol. The van der Waals surface area contributed by atoms with Crippen molar-refractivity contribution in [2.45, 2.75) is 52.6 Å². The number of aromatic nitrogens is 2. The summed E-state index contributed by atoms with van der Waals surface area (Å²) in [6.07, 6.45) is 3.28. The molecule has 1 aliphatic rings. The van der Waals surface area contributed by atoms with Gasteiger partial charge in [0, 0.05) is 37.2 Å². The van der Waals surface area contributed by atoms with E-state index in [0.717, 1.165) is 54.8 Å². The first-order chi connectivity index (χ1) is 13.5. The predicted octanol–water partition coefficient (Wildman–Crippen LogP) is 4.29. The molecule has 0 saturated carbocycles. The largest absolute Gasteiger partial charge is 0.305 e. The summed E-state index contributed by atoms with van der Waals surface area (Å²) in [7, 11) is 2.22. The molecule has 2 aromatic rings. The standard InChI is InChI=1S/C22H33BrN4O/c1-5-8-20(26-12-11-25(4)14-16(6-2)15-26)21-24-19-10-9-17(23)13-18(19)22(28)27(21)7-3/h9-10,13,16,20H,5-8,11-12,14-15H2,1-4H3/t16-,20+/m1/s1. The van der Waals surface area contributed by atoms with Crippen molar-refractivity contribution in [3.8, 4) is 0 Å². The Morgan fingerprint density at radius 2 is 2.00 bits per heavy atom. The minimum atomic E-state index is 0.0730. The lowest BCUT2D eigenvalue weighted by Gasteiger charge is -2.33. The highest BCUT2D eigenvalue weighted by Gasteiger charge is 2.29. The second kappa shape index (κ2) is 9.51. The maximum Gasteiger partial charge on any atom is 0.261 e. The minimum Gasteiger partial charge on any atom is -0.305 e. The summed E-state index contributed by atoms with van der Waals surface area (Å²) < 4.78 is 2.81. The molecule has 0 unspecified atom stereocenters. The van der Waals surface area contributed by atoms with Gasteiger partial charge in [-0.15, -0.1) is 0 Å². The van der Waals surface area contributed by atoms with Gasteiger partial charge in [-0.3, -0.25) is 14.3 Å². The Hall–Kier alpha value is -1.24. The van der Waals surface area contributed by atoms with Gasteiger partial charge >= 0.3 is 0 Å². The van der Waals surface area contributed by atoms with E-state index in [9.17, 15) is 4.79 Å². The predicted molar refractivity (Wildman–Crippen MR) is 120 cm³/mol. The van der Waals surface area contributed by atoms with Gasteiger partial charge in [0.25, 0.3) is 5.56 Å². The van der Waals surface area contributed by atoms with Gasteiger partial charge in [0.1, 0.15) is 5.82 Å². The van der Waals surface area contributed by atoms with E-state index in [1.54, 1.807) is 0 Å². The molecule has 2 heterocycles. The van der Waals surface area contributed by atoms with Crippen LogP contribution in [0.3, 0.4) is 0 Å². The van der Waals surface area contributed by atoms with Gasteiger partial charge in [0.2, 0.25) is 0 Å². The Kier molecular flexibility index (Phi) is 7.29. The summed E-state index contributed by atoms with van der Waals surface area (Å²) in [4.78, 5) is 23.3. The quantitative estimate of drug-likeness (QED) is 0.660. The Labute approximate surface area is 176 Å².